The molecule has 0 spiro atoms. The van der Waals surface area contributed by atoms with Crippen LogP contribution in [0.1, 0.15) is 55.4 Å². The van der Waals surface area contributed by atoms with Gasteiger partial charge in [-0.3, -0.25) is 0 Å². The molecule has 138 valence electrons. The standard InChI is InChI=1S/C20H28N6/c1-3-15-12-19(22-13-21-15)26-10-8-16(9-11-26)25-20-17-6-4-5-7-18(17)23-14(2)24-20/h12-13,16H,3-11H2,1-2H3,(H,23,24,25). The van der Waals surface area contributed by atoms with E-state index in [2.05, 4.69) is 38.2 Å². The Kier molecular flexibility index (Phi) is 5.00. The van der Waals surface area contributed by atoms with Crippen LogP contribution in [0.15, 0.2) is 12.4 Å². The SMILES string of the molecule is CCc1cc(N2CCC(Nc3nc(C)nc4c3CCCC4)CC2)ncn1. The van der Waals surface area contributed by atoms with Crippen molar-refractivity contribution >= 4 is 11.6 Å². The zero-order chi connectivity index (χ0) is 17.9. The molecule has 3 heterocycles. The highest BCUT2D eigenvalue weighted by Crippen LogP contribution is 2.27. The number of nitrogens with one attached hydrogen (secondary N) is 1. The van der Waals surface area contributed by atoms with Gasteiger partial charge in [0.25, 0.3) is 0 Å². The zero-order valence-corrected chi connectivity index (χ0v) is 15.8. The molecular weight excluding hydrogens is 324 g/mol. The molecule has 6 nitrogen and oxygen atoms in total. The number of fused-ring (bicyclic) bond motifs is 1. The molecule has 6 heteroatoms. The second kappa shape index (κ2) is 7.56. The summed E-state index contributed by atoms with van der Waals surface area (Å²) in [4.78, 5) is 20.5. The van der Waals surface area contributed by atoms with E-state index in [1.54, 1.807) is 6.33 Å². The van der Waals surface area contributed by atoms with Crippen molar-refractivity contribution in [3.63, 3.8) is 0 Å². The van der Waals surface area contributed by atoms with Crippen LogP contribution in [0.25, 0.3) is 0 Å². The minimum Gasteiger partial charge on any atom is -0.367 e. The third kappa shape index (κ3) is 3.64. The summed E-state index contributed by atoms with van der Waals surface area (Å²) in [5.74, 6) is 3.03. The molecule has 0 atom stereocenters. The molecule has 0 amide bonds. The molecule has 1 N–H and O–H groups in total. The lowest BCUT2D eigenvalue weighted by atomic mass is 9.95. The first-order valence-corrected chi connectivity index (χ1v) is 9.91. The highest BCUT2D eigenvalue weighted by molar-refractivity contribution is 5.49. The Bertz CT molecular complexity index is 767. The number of aryl methyl sites for hydroxylation is 3. The maximum absolute atomic E-state index is 4.72. The van der Waals surface area contributed by atoms with E-state index in [4.69, 9.17) is 4.98 Å². The van der Waals surface area contributed by atoms with Crippen LogP contribution in [0.2, 0.25) is 0 Å². The van der Waals surface area contributed by atoms with Crippen molar-refractivity contribution in [2.75, 3.05) is 23.3 Å². The third-order valence-corrected chi connectivity index (χ3v) is 5.53. The first-order chi connectivity index (χ1) is 12.7. The Labute approximate surface area is 155 Å². The van der Waals surface area contributed by atoms with Crippen molar-refractivity contribution in [1.29, 1.82) is 0 Å². The van der Waals surface area contributed by atoms with E-state index in [0.29, 0.717) is 6.04 Å². The summed E-state index contributed by atoms with van der Waals surface area (Å²) in [5.41, 5.74) is 3.72. The van der Waals surface area contributed by atoms with E-state index in [-0.39, 0.29) is 0 Å². The minimum absolute atomic E-state index is 0.471. The lowest BCUT2D eigenvalue weighted by molar-refractivity contribution is 0.520. The minimum atomic E-state index is 0.471. The third-order valence-electron chi connectivity index (χ3n) is 5.53. The number of rotatable bonds is 4. The van der Waals surface area contributed by atoms with Crippen LogP contribution < -0.4 is 10.2 Å². The topological polar surface area (TPSA) is 66.8 Å². The average molecular weight is 352 g/mol. The van der Waals surface area contributed by atoms with Crippen LogP contribution in [0.5, 0.6) is 0 Å². The molecule has 1 fully saturated rings. The van der Waals surface area contributed by atoms with Gasteiger partial charge in [0.1, 0.15) is 23.8 Å². The van der Waals surface area contributed by atoms with Crippen LogP contribution >= 0.6 is 0 Å². The maximum Gasteiger partial charge on any atom is 0.133 e. The molecule has 0 unspecified atom stereocenters. The van der Waals surface area contributed by atoms with E-state index in [9.17, 15) is 0 Å². The Hall–Kier alpha value is -2.24. The molecule has 1 aliphatic carbocycles. The molecule has 2 aromatic rings. The predicted octanol–water partition coefficient (Wildman–Crippen LogP) is 3.10. The highest BCUT2D eigenvalue weighted by Gasteiger charge is 2.23. The van der Waals surface area contributed by atoms with E-state index in [0.717, 1.165) is 68.3 Å². The number of aromatic nitrogens is 4. The van der Waals surface area contributed by atoms with Crippen molar-refractivity contribution in [3.05, 3.63) is 35.2 Å². The molecule has 0 radical (unpaired) electrons. The molecule has 1 aliphatic heterocycles. The zero-order valence-electron chi connectivity index (χ0n) is 15.8. The monoisotopic (exact) mass is 352 g/mol. The quantitative estimate of drug-likeness (QED) is 0.912. The molecule has 2 aliphatic rings. The lowest BCUT2D eigenvalue weighted by Gasteiger charge is -2.34. The van der Waals surface area contributed by atoms with Gasteiger partial charge in [0.15, 0.2) is 0 Å². The molecule has 0 aromatic carbocycles. The van der Waals surface area contributed by atoms with Crippen LogP contribution in [0.3, 0.4) is 0 Å². The van der Waals surface area contributed by atoms with Crippen LogP contribution in [-0.2, 0) is 19.3 Å². The molecule has 0 bridgehead atoms. The lowest BCUT2D eigenvalue weighted by Crippen LogP contribution is -2.40. The number of anilines is 2. The molecule has 1 saturated heterocycles. The van der Waals surface area contributed by atoms with Gasteiger partial charge in [0.2, 0.25) is 0 Å². The molecule has 4 rings (SSSR count). The first-order valence-electron chi connectivity index (χ1n) is 9.91. The summed E-state index contributed by atoms with van der Waals surface area (Å²) in [5, 5.41) is 3.73. The molecular formula is C20H28N6. The van der Waals surface area contributed by atoms with Gasteiger partial charge in [0, 0.05) is 42.1 Å². The van der Waals surface area contributed by atoms with E-state index in [1.807, 2.05) is 6.92 Å². The summed E-state index contributed by atoms with van der Waals surface area (Å²) in [6.07, 6.45) is 9.55. The number of nitrogens with zero attached hydrogens (tertiary/aromatic N) is 5. The number of piperidine rings is 1. The summed E-state index contributed by atoms with van der Waals surface area (Å²) < 4.78 is 0. The van der Waals surface area contributed by atoms with Crippen molar-refractivity contribution in [3.8, 4) is 0 Å². The van der Waals surface area contributed by atoms with Crippen molar-refractivity contribution in [2.45, 2.75) is 64.8 Å². The van der Waals surface area contributed by atoms with Gasteiger partial charge in [-0.1, -0.05) is 6.92 Å². The van der Waals surface area contributed by atoms with E-state index >= 15 is 0 Å². The Morgan fingerprint density at radius 2 is 1.92 bits per heavy atom. The summed E-state index contributed by atoms with van der Waals surface area (Å²) in [6, 6.07) is 2.59. The fourth-order valence-corrected chi connectivity index (χ4v) is 4.04. The molecule has 2 aromatic heterocycles. The van der Waals surface area contributed by atoms with Crippen LogP contribution in [0, 0.1) is 6.92 Å². The van der Waals surface area contributed by atoms with Crippen LogP contribution in [0.4, 0.5) is 11.6 Å². The maximum atomic E-state index is 4.72. The smallest absolute Gasteiger partial charge is 0.133 e. The Morgan fingerprint density at radius 1 is 1.12 bits per heavy atom. The highest BCUT2D eigenvalue weighted by atomic mass is 15.2. The van der Waals surface area contributed by atoms with Gasteiger partial charge >= 0.3 is 0 Å². The fourth-order valence-electron chi connectivity index (χ4n) is 4.04. The van der Waals surface area contributed by atoms with Crippen LogP contribution in [-0.4, -0.2) is 39.1 Å². The van der Waals surface area contributed by atoms with Crippen molar-refractivity contribution < 1.29 is 0 Å². The predicted molar refractivity (Wildman–Crippen MR) is 104 cm³/mol. The summed E-state index contributed by atoms with van der Waals surface area (Å²) in [6.45, 7) is 6.17. The van der Waals surface area contributed by atoms with E-state index in [1.165, 1.54) is 24.1 Å². The number of hydrogen-bond acceptors (Lipinski definition) is 6. The Balaban J connectivity index is 1.42. The van der Waals surface area contributed by atoms with Gasteiger partial charge in [0.05, 0.1) is 0 Å². The molecule has 0 saturated carbocycles. The fraction of sp³-hybridized carbons (Fsp3) is 0.600. The van der Waals surface area contributed by atoms with Gasteiger partial charge in [-0.2, -0.15) is 0 Å². The Morgan fingerprint density at radius 3 is 2.73 bits per heavy atom. The van der Waals surface area contributed by atoms with Crippen molar-refractivity contribution in [2.24, 2.45) is 0 Å². The van der Waals surface area contributed by atoms with Gasteiger partial charge in [-0.05, 0) is 51.9 Å². The second-order valence-electron chi connectivity index (χ2n) is 7.38. The second-order valence-corrected chi connectivity index (χ2v) is 7.38. The summed E-state index contributed by atoms with van der Waals surface area (Å²) >= 11 is 0. The average Bonchev–Trinajstić information content (AvgIpc) is 2.68. The van der Waals surface area contributed by atoms with E-state index < -0.39 is 0 Å². The first kappa shape index (κ1) is 17.2. The van der Waals surface area contributed by atoms with Gasteiger partial charge in [-0.15, -0.1) is 0 Å². The van der Waals surface area contributed by atoms with Gasteiger partial charge < -0.3 is 10.2 Å². The number of hydrogen-bond donors (Lipinski definition) is 1. The normalized spacial score (nSPS) is 17.8. The molecule has 26 heavy (non-hydrogen) atoms. The van der Waals surface area contributed by atoms with Crippen molar-refractivity contribution in [1.82, 2.24) is 19.9 Å². The largest absolute Gasteiger partial charge is 0.367 e. The summed E-state index contributed by atoms with van der Waals surface area (Å²) in [7, 11) is 0. The van der Waals surface area contributed by atoms with Gasteiger partial charge in [-0.25, -0.2) is 19.9 Å².